The molecule has 0 aliphatic carbocycles. The van der Waals surface area contributed by atoms with Crippen LogP contribution < -0.4 is 5.32 Å². The molecule has 0 aromatic carbocycles. The number of aliphatic hydroxyl groups excluding tert-OH is 7. The first-order chi connectivity index (χ1) is 16.3. The Bertz CT molecular complexity index is 766. The highest BCUT2D eigenvalue weighted by atomic mass is 16.7. The highest BCUT2D eigenvalue weighted by Crippen LogP contribution is 2.37. The maximum absolute atomic E-state index is 12.3. The smallest absolute Gasteiger partial charge is 0.364 e. The Hall–Kier alpha value is -1.79. The summed E-state index contributed by atoms with van der Waals surface area (Å²) in [7, 11) is 0. The van der Waals surface area contributed by atoms with Gasteiger partial charge < -0.3 is 60.4 Å². The summed E-state index contributed by atoms with van der Waals surface area (Å²) in [5.74, 6) is -5.81. The number of Topliss-reactive ketones (excluding diaryl/α,β-unsaturated/α-hetero) is 1. The first-order valence-corrected chi connectivity index (χ1v) is 10.9. The minimum absolute atomic E-state index is 0.359. The summed E-state index contributed by atoms with van der Waals surface area (Å²) in [5.41, 5.74) is 0. The minimum atomic E-state index is -2.85. The van der Waals surface area contributed by atoms with Crippen molar-refractivity contribution < 1.29 is 69.4 Å². The number of rotatable bonds is 10. The largest absolute Gasteiger partial charge is 0.477 e. The lowest BCUT2D eigenvalue weighted by atomic mass is 9.87. The zero-order valence-corrected chi connectivity index (χ0v) is 19.1. The average Bonchev–Trinajstić information content (AvgIpc) is 2.78. The predicted octanol–water partition coefficient (Wildman–Crippen LogP) is -5.02. The van der Waals surface area contributed by atoms with E-state index in [-0.39, 0.29) is 6.42 Å². The molecule has 0 aromatic heterocycles. The van der Waals surface area contributed by atoms with Crippen LogP contribution >= 0.6 is 0 Å². The Kier molecular flexibility index (Phi) is 10.1. The van der Waals surface area contributed by atoms with Gasteiger partial charge in [0, 0.05) is 19.8 Å². The molecule has 11 atom stereocenters. The van der Waals surface area contributed by atoms with Crippen LogP contribution in [0.3, 0.4) is 0 Å². The highest BCUT2D eigenvalue weighted by Gasteiger charge is 2.59. The molecule has 202 valence electrons. The van der Waals surface area contributed by atoms with Gasteiger partial charge in [-0.25, -0.2) is 4.79 Å². The molecule has 2 aliphatic heterocycles. The molecule has 0 aromatic rings. The summed E-state index contributed by atoms with van der Waals surface area (Å²) < 4.78 is 16.3. The summed E-state index contributed by atoms with van der Waals surface area (Å²) in [6.45, 7) is 0.519. The standard InChI is InChI=1S/C20H33NO14/c1-7(24)3-11-15(29)18(16(30)12(6-23)33-11)35-20(19(31)32)4-9(26)13(21-8(2)25)17(34-20)14(28)10(27)5-22/h9-18,22-23,26-30H,3-6H2,1-2H3,(H,21,25)(H,31,32)/t9-,10-,11+,12?,13-,14-,15?,16+,17?,18-,20+/m1/s1. The van der Waals surface area contributed by atoms with Crippen LogP contribution in [-0.2, 0) is 28.6 Å². The third-order valence-corrected chi connectivity index (χ3v) is 5.97. The number of carbonyl (C=O) groups excluding carboxylic acids is 2. The van der Waals surface area contributed by atoms with Crippen LogP contribution in [0.25, 0.3) is 0 Å². The number of nitrogens with one attached hydrogen (secondary N) is 1. The minimum Gasteiger partial charge on any atom is -0.477 e. The number of carboxylic acid groups (broad SMARTS) is 1. The SMILES string of the molecule is CC(=O)C[C@@H]1OC(CO)[C@H](O)[C@H](O[C@]2(C(=O)O)C[C@@H](O)[C@@H](NC(C)=O)C([C@H](O)[C@H](O)CO)O2)C1O. The van der Waals surface area contributed by atoms with Crippen molar-refractivity contribution in [3.8, 4) is 0 Å². The molecule has 0 saturated carbocycles. The second-order valence-electron chi connectivity index (χ2n) is 8.74. The van der Waals surface area contributed by atoms with Crippen molar-refractivity contribution in [2.75, 3.05) is 13.2 Å². The van der Waals surface area contributed by atoms with Crippen LogP contribution in [0, 0.1) is 0 Å². The van der Waals surface area contributed by atoms with Crippen molar-refractivity contribution >= 4 is 17.7 Å². The number of ether oxygens (including phenoxy) is 3. The van der Waals surface area contributed by atoms with Crippen molar-refractivity contribution in [3.05, 3.63) is 0 Å². The van der Waals surface area contributed by atoms with Crippen molar-refractivity contribution in [1.29, 1.82) is 0 Å². The fourth-order valence-corrected chi connectivity index (χ4v) is 4.22. The van der Waals surface area contributed by atoms with E-state index in [4.69, 9.17) is 14.2 Å². The van der Waals surface area contributed by atoms with Crippen LogP contribution in [0.5, 0.6) is 0 Å². The van der Waals surface area contributed by atoms with E-state index in [0.717, 1.165) is 6.92 Å². The molecule has 3 unspecified atom stereocenters. The molecule has 35 heavy (non-hydrogen) atoms. The van der Waals surface area contributed by atoms with Crippen LogP contribution in [0.4, 0.5) is 0 Å². The molecule has 2 fully saturated rings. The Morgan fingerprint density at radius 2 is 1.69 bits per heavy atom. The average molecular weight is 511 g/mol. The third-order valence-electron chi connectivity index (χ3n) is 5.97. The van der Waals surface area contributed by atoms with Crippen LogP contribution in [0.2, 0.25) is 0 Å². The van der Waals surface area contributed by atoms with E-state index in [2.05, 4.69) is 5.32 Å². The quantitative estimate of drug-likeness (QED) is 0.133. The van der Waals surface area contributed by atoms with E-state index in [1.54, 1.807) is 0 Å². The monoisotopic (exact) mass is 511 g/mol. The molecule has 15 heteroatoms. The van der Waals surface area contributed by atoms with Crippen LogP contribution in [-0.4, -0.2) is 138 Å². The lowest BCUT2D eigenvalue weighted by Gasteiger charge is -2.50. The van der Waals surface area contributed by atoms with Gasteiger partial charge in [0.15, 0.2) is 0 Å². The van der Waals surface area contributed by atoms with Crippen molar-refractivity contribution in [1.82, 2.24) is 5.32 Å². The van der Waals surface area contributed by atoms with E-state index in [1.807, 2.05) is 0 Å². The van der Waals surface area contributed by atoms with Gasteiger partial charge in [0.1, 0.15) is 48.5 Å². The molecule has 1 amide bonds. The van der Waals surface area contributed by atoms with Gasteiger partial charge in [-0.3, -0.25) is 9.59 Å². The van der Waals surface area contributed by atoms with Gasteiger partial charge in [0.25, 0.3) is 5.79 Å². The third kappa shape index (κ3) is 6.51. The Balaban J connectivity index is 2.45. The lowest BCUT2D eigenvalue weighted by Crippen LogP contribution is -2.70. The van der Waals surface area contributed by atoms with Crippen LogP contribution in [0.15, 0.2) is 0 Å². The van der Waals surface area contributed by atoms with Gasteiger partial charge in [-0.1, -0.05) is 0 Å². The van der Waals surface area contributed by atoms with E-state index in [9.17, 15) is 55.2 Å². The van der Waals surface area contributed by atoms with Gasteiger partial charge in [0.2, 0.25) is 5.91 Å². The Morgan fingerprint density at radius 1 is 1.09 bits per heavy atom. The highest BCUT2D eigenvalue weighted by molar-refractivity contribution is 5.77. The normalized spacial score (nSPS) is 39.5. The number of aliphatic carboxylic acids is 1. The maximum atomic E-state index is 12.3. The maximum Gasteiger partial charge on any atom is 0.364 e. The van der Waals surface area contributed by atoms with Crippen molar-refractivity contribution in [2.24, 2.45) is 0 Å². The van der Waals surface area contributed by atoms with Gasteiger partial charge in [0.05, 0.1) is 31.5 Å². The summed E-state index contributed by atoms with van der Waals surface area (Å²) in [6.07, 6.45) is -16.8. The fraction of sp³-hybridized carbons (Fsp3) is 0.850. The predicted molar refractivity (Wildman–Crippen MR) is 110 cm³/mol. The molecule has 2 rings (SSSR count). The summed E-state index contributed by atoms with van der Waals surface area (Å²) in [4.78, 5) is 35.5. The number of ketones is 1. The topological polar surface area (TPSA) is 253 Å². The molecule has 9 N–H and O–H groups in total. The van der Waals surface area contributed by atoms with Gasteiger partial charge in [-0.05, 0) is 6.92 Å². The van der Waals surface area contributed by atoms with Gasteiger partial charge >= 0.3 is 5.97 Å². The zero-order chi connectivity index (χ0) is 26.7. The zero-order valence-electron chi connectivity index (χ0n) is 19.1. The lowest BCUT2D eigenvalue weighted by molar-refractivity contribution is -0.353. The molecule has 2 saturated heterocycles. The number of amides is 1. The molecule has 2 heterocycles. The van der Waals surface area contributed by atoms with Crippen LogP contribution in [0.1, 0.15) is 26.7 Å². The van der Waals surface area contributed by atoms with Crippen molar-refractivity contribution in [2.45, 2.75) is 93.5 Å². The first kappa shape index (κ1) is 29.4. The number of hydrogen-bond donors (Lipinski definition) is 9. The van der Waals surface area contributed by atoms with E-state index in [0.29, 0.717) is 0 Å². The number of carbonyl (C=O) groups is 3. The molecule has 15 nitrogen and oxygen atoms in total. The Labute approximate surface area is 199 Å². The number of aliphatic hydroxyl groups is 7. The van der Waals surface area contributed by atoms with E-state index in [1.165, 1.54) is 6.92 Å². The van der Waals surface area contributed by atoms with Gasteiger partial charge in [-0.15, -0.1) is 0 Å². The molecular formula is C20H33NO14. The molecule has 2 aliphatic rings. The van der Waals surface area contributed by atoms with Gasteiger partial charge in [-0.2, -0.15) is 0 Å². The van der Waals surface area contributed by atoms with E-state index >= 15 is 0 Å². The molecular weight excluding hydrogens is 478 g/mol. The molecule has 0 radical (unpaired) electrons. The molecule has 0 spiro atoms. The number of carboxylic acids is 1. The fourth-order valence-electron chi connectivity index (χ4n) is 4.22. The summed E-state index contributed by atoms with van der Waals surface area (Å²) in [6, 6.07) is -1.44. The summed E-state index contributed by atoms with van der Waals surface area (Å²) in [5, 5.41) is 83.3. The first-order valence-electron chi connectivity index (χ1n) is 10.9. The second kappa shape index (κ2) is 12.0. The number of hydrogen-bond acceptors (Lipinski definition) is 13. The summed E-state index contributed by atoms with van der Waals surface area (Å²) >= 11 is 0. The second-order valence-corrected chi connectivity index (χ2v) is 8.74. The Morgan fingerprint density at radius 3 is 2.17 bits per heavy atom. The van der Waals surface area contributed by atoms with E-state index < -0.39 is 104 Å². The molecule has 0 bridgehead atoms. The van der Waals surface area contributed by atoms with Crippen molar-refractivity contribution in [3.63, 3.8) is 0 Å².